The molecule has 60 heavy (non-hydrogen) atoms. The lowest BCUT2D eigenvalue weighted by molar-refractivity contribution is -0.125. The lowest BCUT2D eigenvalue weighted by Crippen LogP contribution is -2.51. The van der Waals surface area contributed by atoms with E-state index in [0.717, 1.165) is 58.1 Å². The smallest absolute Gasteiger partial charge is 0.262 e. The summed E-state index contributed by atoms with van der Waals surface area (Å²) in [6.45, 7) is 4.28. The van der Waals surface area contributed by atoms with Crippen LogP contribution >= 0.6 is 0 Å². The summed E-state index contributed by atoms with van der Waals surface area (Å²) in [4.78, 5) is 53.1. The zero-order valence-corrected chi connectivity index (χ0v) is 32.9. The number of imide groups is 1. The number of carbonyl (C=O) groups excluding carboxylic acids is 3. The van der Waals surface area contributed by atoms with E-state index in [-0.39, 0.29) is 36.5 Å². The standard InChI is InChI=1S/C47H40N6O7/c1-28-3-11-41(44(54)51-28)53-45(55)37-10-8-32(24-38(37)46(53)56)57-19-20-58-47(16-17-47)15-13-31-6-7-33(26-49-31)59-34-22-35(23-34)60-43-12-5-30(25-50-43)29-4-9-36-39-27-48-18-14-40(39)52(2)42(36)21-29/h4-10,12,14,18,21,24-27,34-35,41H,1,3,11,16-17,19-20,22-23H2,2H3,(H,51,54). The fraction of sp³-hybridized carbons (Fsp3) is 0.277. The molecule has 1 saturated heterocycles. The van der Waals surface area contributed by atoms with Gasteiger partial charge in [0.2, 0.25) is 11.8 Å². The molecule has 2 aliphatic carbocycles. The highest BCUT2D eigenvalue weighted by Crippen LogP contribution is 2.39. The second-order valence-corrected chi connectivity index (χ2v) is 15.7. The van der Waals surface area contributed by atoms with Gasteiger partial charge in [-0.05, 0) is 85.7 Å². The number of fused-ring (bicyclic) bond motifs is 4. The fourth-order valence-corrected chi connectivity index (χ4v) is 8.06. The van der Waals surface area contributed by atoms with E-state index in [1.807, 2.05) is 48.9 Å². The highest BCUT2D eigenvalue weighted by molar-refractivity contribution is 6.23. The van der Waals surface area contributed by atoms with Crippen LogP contribution in [0.5, 0.6) is 17.4 Å². The lowest BCUT2D eigenvalue weighted by Gasteiger charge is -2.34. The molecule has 1 atom stereocenters. The van der Waals surface area contributed by atoms with Gasteiger partial charge in [0, 0.05) is 72.1 Å². The SMILES string of the molecule is C=C1CCC(N2C(=O)c3ccc(OCCOC4(C#Cc5ccc(OC6CC(Oc7ccc(-c8ccc9c%10cnccc%10n(C)c9c8)cn7)C6)cn5)CC4)cc3C2=O)C(=O)N1. The molecule has 0 bridgehead atoms. The molecule has 0 radical (unpaired) electrons. The van der Waals surface area contributed by atoms with Crippen molar-refractivity contribution in [3.05, 3.63) is 121 Å². The molecule has 2 saturated carbocycles. The third kappa shape index (κ3) is 7.09. The van der Waals surface area contributed by atoms with Crippen molar-refractivity contribution in [1.82, 2.24) is 29.7 Å². The van der Waals surface area contributed by atoms with Crippen LogP contribution in [-0.2, 0) is 16.6 Å². The molecule has 1 N–H and O–H groups in total. The van der Waals surface area contributed by atoms with Gasteiger partial charge in [0.15, 0.2) is 0 Å². The summed E-state index contributed by atoms with van der Waals surface area (Å²) in [5.41, 5.74) is 5.54. The summed E-state index contributed by atoms with van der Waals surface area (Å²) < 4.78 is 26.4. The zero-order chi connectivity index (χ0) is 41.0. The molecule has 1 unspecified atom stereocenters. The Bertz CT molecular complexity index is 2780. The Hall–Kier alpha value is -7.04. The Morgan fingerprint density at radius 3 is 2.42 bits per heavy atom. The third-order valence-electron chi connectivity index (χ3n) is 11.6. The Balaban J connectivity index is 0.665. The number of hydrogen-bond acceptors (Lipinski definition) is 10. The van der Waals surface area contributed by atoms with E-state index in [9.17, 15) is 14.4 Å². The Morgan fingerprint density at radius 2 is 1.63 bits per heavy atom. The van der Waals surface area contributed by atoms with Gasteiger partial charge in [-0.1, -0.05) is 24.6 Å². The summed E-state index contributed by atoms with van der Waals surface area (Å²) >= 11 is 0. The minimum atomic E-state index is -0.863. The number of hydrogen-bond donors (Lipinski definition) is 1. The quantitative estimate of drug-likeness (QED) is 0.0871. The molecule has 6 aromatic rings. The molecular weight excluding hydrogens is 761 g/mol. The average Bonchev–Trinajstić information content (AvgIpc) is 3.92. The van der Waals surface area contributed by atoms with Gasteiger partial charge in [-0.15, -0.1) is 0 Å². The number of benzene rings is 2. The van der Waals surface area contributed by atoms with Crippen LogP contribution in [0.15, 0.2) is 104 Å². The first kappa shape index (κ1) is 37.2. The second kappa shape index (κ2) is 15.0. The first-order valence-corrected chi connectivity index (χ1v) is 20.1. The van der Waals surface area contributed by atoms with E-state index in [4.69, 9.17) is 18.9 Å². The first-order valence-electron chi connectivity index (χ1n) is 20.1. The molecular formula is C47H40N6O7. The molecule has 13 nitrogen and oxygen atoms in total. The van der Waals surface area contributed by atoms with Gasteiger partial charge in [0.1, 0.15) is 47.7 Å². The average molecular weight is 801 g/mol. The number of nitrogens with zero attached hydrogens (tertiary/aromatic N) is 5. The molecule has 3 amide bonds. The van der Waals surface area contributed by atoms with Gasteiger partial charge >= 0.3 is 0 Å². The number of ether oxygens (including phenoxy) is 4. The van der Waals surface area contributed by atoms with Crippen molar-refractivity contribution in [2.75, 3.05) is 13.2 Å². The number of allylic oxidation sites excluding steroid dienone is 1. The van der Waals surface area contributed by atoms with Crippen molar-refractivity contribution in [1.29, 1.82) is 0 Å². The number of carbonyl (C=O) groups is 3. The van der Waals surface area contributed by atoms with Crippen LogP contribution in [-0.4, -0.2) is 79.2 Å². The second-order valence-electron chi connectivity index (χ2n) is 15.7. The van der Waals surface area contributed by atoms with E-state index >= 15 is 0 Å². The molecule has 0 spiro atoms. The maximum Gasteiger partial charge on any atom is 0.262 e. The van der Waals surface area contributed by atoms with E-state index in [1.54, 1.807) is 24.4 Å². The van der Waals surface area contributed by atoms with Crippen molar-refractivity contribution in [3.8, 4) is 40.3 Å². The summed E-state index contributed by atoms with van der Waals surface area (Å²) in [6, 6.07) is 20.1. The van der Waals surface area contributed by atoms with Gasteiger partial charge in [0.05, 0.1) is 29.4 Å². The van der Waals surface area contributed by atoms with Crippen molar-refractivity contribution in [2.45, 2.75) is 62.4 Å². The minimum Gasteiger partial charge on any atom is -0.491 e. The summed E-state index contributed by atoms with van der Waals surface area (Å²) in [7, 11) is 2.08. The number of rotatable bonds is 11. The molecule has 4 aromatic heterocycles. The summed E-state index contributed by atoms with van der Waals surface area (Å²) in [5, 5.41) is 4.96. The van der Waals surface area contributed by atoms with Crippen LogP contribution in [0.2, 0.25) is 0 Å². The maximum absolute atomic E-state index is 13.2. The minimum absolute atomic E-state index is 0.0281. The van der Waals surface area contributed by atoms with Crippen molar-refractivity contribution in [3.63, 3.8) is 0 Å². The van der Waals surface area contributed by atoms with E-state index < -0.39 is 29.4 Å². The zero-order valence-electron chi connectivity index (χ0n) is 32.9. The lowest BCUT2D eigenvalue weighted by atomic mass is 9.92. The van der Waals surface area contributed by atoms with Crippen LogP contribution in [0.3, 0.4) is 0 Å². The summed E-state index contributed by atoms with van der Waals surface area (Å²) in [5.74, 6) is 6.67. The van der Waals surface area contributed by atoms with Gasteiger partial charge in [-0.25, -0.2) is 9.97 Å². The Labute approximate surface area is 345 Å². The highest BCUT2D eigenvalue weighted by atomic mass is 16.5. The normalized spacial score (nSPS) is 20.3. The van der Waals surface area contributed by atoms with E-state index in [2.05, 4.69) is 68.5 Å². The molecule has 300 valence electrons. The predicted molar refractivity (Wildman–Crippen MR) is 221 cm³/mol. The Morgan fingerprint density at radius 1 is 0.817 bits per heavy atom. The summed E-state index contributed by atoms with van der Waals surface area (Å²) in [6.07, 6.45) is 11.3. The molecule has 13 heteroatoms. The van der Waals surface area contributed by atoms with Crippen LogP contribution in [0, 0.1) is 11.8 Å². The number of amides is 3. The Kier molecular flexibility index (Phi) is 9.29. The van der Waals surface area contributed by atoms with Gasteiger partial charge < -0.3 is 28.8 Å². The van der Waals surface area contributed by atoms with Crippen LogP contribution in [0.1, 0.15) is 64.9 Å². The number of pyridine rings is 3. The maximum atomic E-state index is 13.2. The van der Waals surface area contributed by atoms with Crippen LogP contribution in [0.4, 0.5) is 0 Å². The number of piperidine rings is 1. The van der Waals surface area contributed by atoms with Gasteiger partial charge in [-0.2, -0.15) is 0 Å². The van der Waals surface area contributed by atoms with Gasteiger partial charge in [0.25, 0.3) is 11.8 Å². The van der Waals surface area contributed by atoms with Crippen LogP contribution in [0.25, 0.3) is 32.9 Å². The number of aryl methyl sites for hydroxylation is 1. The first-order chi connectivity index (χ1) is 29.2. The number of aromatic nitrogens is 4. The molecule has 4 aliphatic rings. The van der Waals surface area contributed by atoms with Crippen molar-refractivity contribution < 1.29 is 33.3 Å². The third-order valence-corrected chi connectivity index (χ3v) is 11.6. The molecule has 3 fully saturated rings. The topological polar surface area (TPSA) is 147 Å². The fourth-order valence-electron chi connectivity index (χ4n) is 8.06. The predicted octanol–water partition coefficient (Wildman–Crippen LogP) is 6.54. The largest absolute Gasteiger partial charge is 0.491 e. The number of nitrogens with one attached hydrogen (secondary N) is 1. The molecule has 10 rings (SSSR count). The van der Waals surface area contributed by atoms with E-state index in [1.165, 1.54) is 5.39 Å². The van der Waals surface area contributed by atoms with Crippen LogP contribution < -0.4 is 19.5 Å². The molecule has 2 aromatic carbocycles. The van der Waals surface area contributed by atoms with Crippen molar-refractivity contribution >= 4 is 39.5 Å². The monoisotopic (exact) mass is 800 g/mol. The van der Waals surface area contributed by atoms with Crippen molar-refractivity contribution in [2.24, 2.45) is 7.05 Å². The van der Waals surface area contributed by atoms with Gasteiger partial charge in [-0.3, -0.25) is 24.3 Å². The van der Waals surface area contributed by atoms with E-state index in [0.29, 0.717) is 41.6 Å². The molecule has 6 heterocycles. The highest BCUT2D eigenvalue weighted by Gasteiger charge is 2.44. The molecule has 2 aliphatic heterocycles.